The lowest BCUT2D eigenvalue weighted by Crippen LogP contribution is -2.09. The number of aryl methyl sites for hydroxylation is 1. The quantitative estimate of drug-likeness (QED) is 0.621. The zero-order chi connectivity index (χ0) is 17.5. The third-order valence-electron chi connectivity index (χ3n) is 3.89. The van der Waals surface area contributed by atoms with Gasteiger partial charge in [-0.1, -0.05) is 54.6 Å². The number of aliphatic hydroxyl groups is 1. The van der Waals surface area contributed by atoms with Gasteiger partial charge in [0.05, 0.1) is 6.61 Å². The van der Waals surface area contributed by atoms with Crippen LogP contribution in [-0.4, -0.2) is 24.3 Å². The van der Waals surface area contributed by atoms with Gasteiger partial charge in [0.25, 0.3) is 0 Å². The van der Waals surface area contributed by atoms with Gasteiger partial charge in [-0.3, -0.25) is 0 Å². The van der Waals surface area contributed by atoms with Crippen molar-refractivity contribution in [3.05, 3.63) is 71.3 Å². The SMILES string of the molecule is C=C(C)C(=O)OCCc1cc(CCO)ccc1-c1ccc(C)cc1. The Morgan fingerprint density at radius 2 is 1.83 bits per heavy atom. The Morgan fingerprint density at radius 3 is 2.46 bits per heavy atom. The lowest BCUT2D eigenvalue weighted by Gasteiger charge is -2.13. The van der Waals surface area contributed by atoms with E-state index in [1.807, 2.05) is 6.07 Å². The monoisotopic (exact) mass is 324 g/mol. The summed E-state index contributed by atoms with van der Waals surface area (Å²) in [7, 11) is 0. The minimum Gasteiger partial charge on any atom is -0.462 e. The lowest BCUT2D eigenvalue weighted by atomic mass is 9.94. The van der Waals surface area contributed by atoms with Crippen molar-refractivity contribution in [2.75, 3.05) is 13.2 Å². The average Bonchev–Trinajstić information content (AvgIpc) is 2.56. The van der Waals surface area contributed by atoms with Gasteiger partial charge in [-0.15, -0.1) is 0 Å². The molecule has 0 heterocycles. The number of hydrogen-bond donors (Lipinski definition) is 1. The van der Waals surface area contributed by atoms with Crippen molar-refractivity contribution in [2.24, 2.45) is 0 Å². The lowest BCUT2D eigenvalue weighted by molar-refractivity contribution is -0.138. The third-order valence-corrected chi connectivity index (χ3v) is 3.89. The Kier molecular flexibility index (Phi) is 6.33. The summed E-state index contributed by atoms with van der Waals surface area (Å²) in [5.74, 6) is -0.363. The molecule has 0 saturated carbocycles. The van der Waals surface area contributed by atoms with Crippen LogP contribution in [0.4, 0.5) is 0 Å². The van der Waals surface area contributed by atoms with E-state index in [4.69, 9.17) is 9.84 Å². The average molecular weight is 324 g/mol. The summed E-state index contributed by atoms with van der Waals surface area (Å²) in [5, 5.41) is 9.16. The summed E-state index contributed by atoms with van der Waals surface area (Å²) < 4.78 is 5.23. The van der Waals surface area contributed by atoms with Gasteiger partial charge in [0.15, 0.2) is 0 Å². The number of benzene rings is 2. The number of carbonyl (C=O) groups excluding carboxylic acids is 1. The van der Waals surface area contributed by atoms with Gasteiger partial charge in [0.2, 0.25) is 0 Å². The van der Waals surface area contributed by atoms with Gasteiger partial charge in [-0.25, -0.2) is 4.79 Å². The molecule has 0 atom stereocenters. The Labute approximate surface area is 143 Å². The molecule has 2 aromatic rings. The molecule has 0 radical (unpaired) electrons. The number of aliphatic hydroxyl groups excluding tert-OH is 1. The summed E-state index contributed by atoms with van der Waals surface area (Å²) >= 11 is 0. The first-order valence-corrected chi connectivity index (χ1v) is 8.13. The molecule has 0 fully saturated rings. The standard InChI is InChI=1S/C21H24O3/c1-15(2)21(23)24-13-11-19-14-17(10-12-22)6-9-20(19)18-7-4-16(3)5-8-18/h4-9,14,22H,1,10-13H2,2-3H3. The van der Waals surface area contributed by atoms with Crippen molar-refractivity contribution in [1.29, 1.82) is 0 Å². The smallest absolute Gasteiger partial charge is 0.333 e. The van der Waals surface area contributed by atoms with Crippen LogP contribution in [0.5, 0.6) is 0 Å². The van der Waals surface area contributed by atoms with E-state index < -0.39 is 0 Å². The molecule has 3 nitrogen and oxygen atoms in total. The molecule has 0 aliphatic carbocycles. The Balaban J connectivity index is 2.24. The maximum absolute atomic E-state index is 11.5. The van der Waals surface area contributed by atoms with Gasteiger partial charge in [-0.2, -0.15) is 0 Å². The molecule has 0 aliphatic heterocycles. The second-order valence-electron chi connectivity index (χ2n) is 6.00. The van der Waals surface area contributed by atoms with Crippen LogP contribution in [0, 0.1) is 6.92 Å². The second kappa shape index (κ2) is 8.46. The van der Waals surface area contributed by atoms with Crippen LogP contribution in [0.25, 0.3) is 11.1 Å². The molecule has 0 unspecified atom stereocenters. The summed E-state index contributed by atoms with van der Waals surface area (Å²) in [6.45, 7) is 7.72. The first-order valence-electron chi connectivity index (χ1n) is 8.13. The zero-order valence-electron chi connectivity index (χ0n) is 14.3. The zero-order valence-corrected chi connectivity index (χ0v) is 14.3. The highest BCUT2D eigenvalue weighted by Gasteiger charge is 2.09. The molecule has 24 heavy (non-hydrogen) atoms. The molecular formula is C21H24O3. The van der Waals surface area contributed by atoms with E-state index in [2.05, 4.69) is 49.9 Å². The van der Waals surface area contributed by atoms with Gasteiger partial charge >= 0.3 is 5.97 Å². The van der Waals surface area contributed by atoms with Crippen molar-refractivity contribution in [3.8, 4) is 11.1 Å². The summed E-state index contributed by atoms with van der Waals surface area (Å²) in [6.07, 6.45) is 1.24. The van der Waals surface area contributed by atoms with Crippen LogP contribution in [0.1, 0.15) is 23.6 Å². The van der Waals surface area contributed by atoms with E-state index in [0.29, 0.717) is 25.0 Å². The van der Waals surface area contributed by atoms with E-state index in [0.717, 1.165) is 22.3 Å². The second-order valence-corrected chi connectivity index (χ2v) is 6.00. The first kappa shape index (κ1) is 18.0. The van der Waals surface area contributed by atoms with Gasteiger partial charge in [0, 0.05) is 18.6 Å². The normalized spacial score (nSPS) is 10.5. The number of esters is 1. The fraction of sp³-hybridized carbons (Fsp3) is 0.286. The molecular weight excluding hydrogens is 300 g/mol. The molecule has 0 amide bonds. The first-order chi connectivity index (χ1) is 11.5. The van der Waals surface area contributed by atoms with Crippen LogP contribution in [0.3, 0.4) is 0 Å². The number of hydrogen-bond acceptors (Lipinski definition) is 3. The Bertz CT molecular complexity index is 714. The number of ether oxygens (including phenoxy) is 1. The Morgan fingerprint density at radius 1 is 1.12 bits per heavy atom. The highest BCUT2D eigenvalue weighted by molar-refractivity contribution is 5.86. The van der Waals surface area contributed by atoms with E-state index in [1.165, 1.54) is 5.56 Å². The fourth-order valence-electron chi connectivity index (χ4n) is 2.53. The van der Waals surface area contributed by atoms with E-state index >= 15 is 0 Å². The molecule has 2 aromatic carbocycles. The van der Waals surface area contributed by atoms with Crippen molar-refractivity contribution < 1.29 is 14.6 Å². The Hall–Kier alpha value is -2.39. The van der Waals surface area contributed by atoms with Crippen molar-refractivity contribution in [1.82, 2.24) is 0 Å². The predicted molar refractivity (Wildman–Crippen MR) is 96.9 cm³/mol. The highest BCUT2D eigenvalue weighted by Crippen LogP contribution is 2.26. The number of carbonyl (C=O) groups is 1. The van der Waals surface area contributed by atoms with Crippen LogP contribution in [0.15, 0.2) is 54.6 Å². The van der Waals surface area contributed by atoms with Crippen LogP contribution >= 0.6 is 0 Å². The third kappa shape index (κ3) is 4.80. The fourth-order valence-corrected chi connectivity index (χ4v) is 2.53. The predicted octanol–water partition coefficient (Wildman–Crippen LogP) is 3.86. The largest absolute Gasteiger partial charge is 0.462 e. The molecule has 0 spiro atoms. The molecule has 0 aromatic heterocycles. The maximum Gasteiger partial charge on any atom is 0.333 e. The molecule has 3 heteroatoms. The molecule has 2 rings (SSSR count). The molecule has 0 aliphatic rings. The number of rotatable bonds is 7. The molecule has 0 bridgehead atoms. The maximum atomic E-state index is 11.5. The molecule has 126 valence electrons. The van der Waals surface area contributed by atoms with E-state index in [-0.39, 0.29) is 12.6 Å². The van der Waals surface area contributed by atoms with Gasteiger partial charge in [0.1, 0.15) is 0 Å². The molecule has 0 saturated heterocycles. The topological polar surface area (TPSA) is 46.5 Å². The van der Waals surface area contributed by atoms with Gasteiger partial charge < -0.3 is 9.84 Å². The minimum absolute atomic E-state index is 0.119. The van der Waals surface area contributed by atoms with Crippen LogP contribution < -0.4 is 0 Å². The van der Waals surface area contributed by atoms with Crippen molar-refractivity contribution in [3.63, 3.8) is 0 Å². The van der Waals surface area contributed by atoms with E-state index in [1.54, 1.807) is 6.92 Å². The van der Waals surface area contributed by atoms with E-state index in [9.17, 15) is 4.79 Å². The van der Waals surface area contributed by atoms with Crippen LogP contribution in [-0.2, 0) is 22.4 Å². The van der Waals surface area contributed by atoms with Gasteiger partial charge in [-0.05, 0) is 42.5 Å². The summed E-state index contributed by atoms with van der Waals surface area (Å²) in [4.78, 5) is 11.5. The molecule has 1 N–H and O–H groups in total. The highest BCUT2D eigenvalue weighted by atomic mass is 16.5. The summed E-state index contributed by atoms with van der Waals surface area (Å²) in [6, 6.07) is 14.6. The minimum atomic E-state index is -0.363. The summed E-state index contributed by atoms with van der Waals surface area (Å²) in [5.41, 5.74) is 6.07. The van der Waals surface area contributed by atoms with Crippen molar-refractivity contribution >= 4 is 5.97 Å². The van der Waals surface area contributed by atoms with Crippen LogP contribution in [0.2, 0.25) is 0 Å². The van der Waals surface area contributed by atoms with Crippen molar-refractivity contribution in [2.45, 2.75) is 26.7 Å².